The van der Waals surface area contributed by atoms with Crippen LogP contribution in [0.5, 0.6) is 0 Å². The predicted octanol–water partition coefficient (Wildman–Crippen LogP) is 1.97. The molecule has 0 radical (unpaired) electrons. The van der Waals surface area contributed by atoms with Gasteiger partial charge in [-0.2, -0.15) is 4.31 Å². The average molecular weight is 270 g/mol. The average Bonchev–Trinajstić information content (AvgIpc) is 2.79. The predicted molar refractivity (Wildman–Crippen MR) is 71.2 cm³/mol. The zero-order chi connectivity index (χ0) is 13.3. The molecule has 1 heterocycles. The summed E-state index contributed by atoms with van der Waals surface area (Å²) in [4.78, 5) is 11.7. The van der Waals surface area contributed by atoms with E-state index in [-0.39, 0.29) is 0 Å². The first-order chi connectivity index (χ1) is 8.43. The topological polar surface area (TPSA) is 86.8 Å². The third-order valence-corrected chi connectivity index (χ3v) is 5.19. The van der Waals surface area contributed by atoms with Gasteiger partial charge < -0.3 is 5.73 Å². The van der Waals surface area contributed by atoms with Crippen LogP contribution in [-0.4, -0.2) is 31.9 Å². The molecule has 0 bridgehead atoms. The Morgan fingerprint density at radius 3 is 2.56 bits per heavy atom. The molecule has 0 saturated carbocycles. The lowest BCUT2D eigenvalue weighted by Gasteiger charge is -2.42. The Morgan fingerprint density at radius 1 is 1.39 bits per heavy atom. The van der Waals surface area contributed by atoms with E-state index in [1.165, 1.54) is 4.31 Å². The second kappa shape index (κ2) is 4.89. The van der Waals surface area contributed by atoms with Crippen LogP contribution >= 0.6 is 10.8 Å². The van der Waals surface area contributed by atoms with E-state index in [9.17, 15) is 13.9 Å². The Balaban J connectivity index is 2.29. The van der Waals surface area contributed by atoms with Crippen LogP contribution < -0.4 is 5.73 Å². The summed E-state index contributed by atoms with van der Waals surface area (Å²) in [5.74, 6) is -0.500. The van der Waals surface area contributed by atoms with E-state index in [2.05, 4.69) is 0 Å². The van der Waals surface area contributed by atoms with E-state index in [0.717, 1.165) is 12.0 Å². The lowest BCUT2D eigenvalue weighted by atomic mass is 10.2. The Bertz CT molecular complexity index is 447. The van der Waals surface area contributed by atoms with E-state index in [1.54, 1.807) is 12.1 Å². The van der Waals surface area contributed by atoms with Gasteiger partial charge in [0.25, 0.3) is 0 Å². The maximum atomic E-state index is 11.3. The largest absolute Gasteiger partial charge is 0.368 e. The van der Waals surface area contributed by atoms with Gasteiger partial charge >= 0.3 is 0 Å². The van der Waals surface area contributed by atoms with Crippen molar-refractivity contribution in [3.8, 4) is 0 Å². The molecule has 1 saturated heterocycles. The highest BCUT2D eigenvalue weighted by atomic mass is 32.3. The maximum Gasteiger partial charge on any atom is 0.236 e. The number of carbonyl (C=O) groups excluding carboxylic acids is 1. The molecule has 1 aromatic rings. The highest BCUT2D eigenvalue weighted by Gasteiger charge is 2.38. The summed E-state index contributed by atoms with van der Waals surface area (Å²) in [6.07, 6.45) is 1.33. The minimum absolute atomic E-state index is 0.432. The quantitative estimate of drug-likeness (QED) is 0.783. The molecule has 2 rings (SSSR count). The number of hydrogen-bond acceptors (Lipinski definition) is 4. The summed E-state index contributed by atoms with van der Waals surface area (Å²) in [5, 5.41) is 0. The molecule has 0 aliphatic carbocycles. The first kappa shape index (κ1) is 13.4. The molecular weight excluding hydrogens is 252 g/mol. The Labute approximate surface area is 108 Å². The van der Waals surface area contributed by atoms with E-state index in [1.807, 2.05) is 19.1 Å². The maximum absolute atomic E-state index is 11.3. The molecule has 1 aliphatic rings. The van der Waals surface area contributed by atoms with E-state index in [4.69, 9.17) is 5.73 Å². The number of rotatable bonds is 3. The third-order valence-electron chi connectivity index (χ3n) is 3.20. The van der Waals surface area contributed by atoms with Crippen molar-refractivity contribution in [1.82, 2.24) is 4.31 Å². The molecule has 0 spiro atoms. The van der Waals surface area contributed by atoms with Crippen LogP contribution in [0.1, 0.15) is 18.4 Å². The van der Waals surface area contributed by atoms with Gasteiger partial charge in [-0.3, -0.25) is 13.9 Å². The molecule has 1 atom stereocenters. The van der Waals surface area contributed by atoms with Crippen LogP contribution in [0.2, 0.25) is 0 Å². The van der Waals surface area contributed by atoms with Gasteiger partial charge in [-0.15, -0.1) is 10.8 Å². The third kappa shape index (κ3) is 2.37. The summed E-state index contributed by atoms with van der Waals surface area (Å²) in [5.41, 5.74) is 6.34. The summed E-state index contributed by atoms with van der Waals surface area (Å²) < 4.78 is 22.1. The molecular formula is C12H18N2O3S. The number of benzene rings is 1. The van der Waals surface area contributed by atoms with Gasteiger partial charge in [0.15, 0.2) is 0 Å². The number of amides is 1. The molecule has 1 aliphatic heterocycles. The zero-order valence-corrected chi connectivity index (χ0v) is 11.1. The Hall–Kier alpha value is -1.08. The first-order valence-corrected chi connectivity index (χ1v) is 7.34. The molecule has 1 fully saturated rings. The fraction of sp³-hybridized carbons (Fsp3) is 0.417. The van der Waals surface area contributed by atoms with Gasteiger partial charge in [-0.25, -0.2) is 0 Å². The van der Waals surface area contributed by atoms with Gasteiger partial charge in [0.2, 0.25) is 5.91 Å². The molecule has 4 N–H and O–H groups in total. The van der Waals surface area contributed by atoms with Crippen LogP contribution in [0.4, 0.5) is 0 Å². The van der Waals surface area contributed by atoms with Gasteiger partial charge in [0, 0.05) is 6.54 Å². The lowest BCUT2D eigenvalue weighted by molar-refractivity contribution is -0.121. The molecule has 18 heavy (non-hydrogen) atoms. The van der Waals surface area contributed by atoms with Gasteiger partial charge in [0.1, 0.15) is 6.04 Å². The van der Waals surface area contributed by atoms with Gasteiger partial charge in [-0.05, 0) is 31.9 Å². The number of primary amides is 1. The molecule has 6 heteroatoms. The summed E-state index contributed by atoms with van der Waals surface area (Å²) in [6.45, 7) is 2.40. The highest BCUT2D eigenvalue weighted by Crippen LogP contribution is 2.54. The SMILES string of the molecule is Cc1ccc(S(O)(O)N2CCCC2C(N)=O)cc1. The van der Waals surface area contributed by atoms with E-state index in [0.29, 0.717) is 17.9 Å². The monoisotopic (exact) mass is 270 g/mol. The van der Waals surface area contributed by atoms with Crippen molar-refractivity contribution >= 4 is 16.7 Å². The van der Waals surface area contributed by atoms with Crippen molar-refractivity contribution in [3.05, 3.63) is 29.8 Å². The summed E-state index contributed by atoms with van der Waals surface area (Å²) >= 11 is 0. The van der Waals surface area contributed by atoms with Crippen molar-refractivity contribution < 1.29 is 13.9 Å². The minimum atomic E-state index is -3.12. The molecule has 5 nitrogen and oxygen atoms in total. The van der Waals surface area contributed by atoms with Gasteiger partial charge in [0.05, 0.1) is 4.90 Å². The summed E-state index contributed by atoms with van der Waals surface area (Å²) in [6, 6.07) is 6.41. The van der Waals surface area contributed by atoms with Crippen molar-refractivity contribution in [2.45, 2.75) is 30.7 Å². The van der Waals surface area contributed by atoms with Crippen LogP contribution in [-0.2, 0) is 4.79 Å². The molecule has 1 aromatic carbocycles. The van der Waals surface area contributed by atoms with Crippen LogP contribution in [0.3, 0.4) is 0 Å². The van der Waals surface area contributed by atoms with Crippen molar-refractivity contribution in [2.75, 3.05) is 6.54 Å². The zero-order valence-electron chi connectivity index (χ0n) is 10.2. The normalized spacial score (nSPS) is 22.1. The second-order valence-corrected chi connectivity index (χ2v) is 6.51. The molecule has 0 aromatic heterocycles. The fourth-order valence-corrected chi connectivity index (χ4v) is 3.91. The number of hydrogen-bond donors (Lipinski definition) is 3. The van der Waals surface area contributed by atoms with Crippen LogP contribution in [0, 0.1) is 6.92 Å². The number of nitrogens with zero attached hydrogens (tertiary/aromatic N) is 1. The molecule has 1 amide bonds. The Kier molecular flexibility index (Phi) is 3.63. The van der Waals surface area contributed by atoms with Gasteiger partial charge in [-0.1, -0.05) is 17.7 Å². The second-order valence-electron chi connectivity index (χ2n) is 4.53. The number of carbonyl (C=O) groups is 1. The minimum Gasteiger partial charge on any atom is -0.368 e. The number of nitrogens with two attached hydrogens (primary N) is 1. The standard InChI is InChI=1S/C12H18N2O3S/c1-9-4-6-10(7-5-9)18(16,17)14-8-2-3-11(14)12(13)15/h4-7,11,16-17H,2-3,8H2,1H3,(H2,13,15). The van der Waals surface area contributed by atoms with Crippen molar-refractivity contribution in [1.29, 1.82) is 0 Å². The summed E-state index contributed by atoms with van der Waals surface area (Å²) in [7, 11) is -3.12. The van der Waals surface area contributed by atoms with Crippen molar-refractivity contribution in [3.63, 3.8) is 0 Å². The smallest absolute Gasteiger partial charge is 0.236 e. The lowest BCUT2D eigenvalue weighted by Crippen LogP contribution is -2.41. The van der Waals surface area contributed by atoms with Crippen molar-refractivity contribution in [2.24, 2.45) is 5.73 Å². The highest BCUT2D eigenvalue weighted by molar-refractivity contribution is 8.22. The van der Waals surface area contributed by atoms with Crippen LogP contribution in [0.15, 0.2) is 29.2 Å². The first-order valence-electron chi connectivity index (χ1n) is 5.84. The molecule has 100 valence electrons. The van der Waals surface area contributed by atoms with Crippen LogP contribution in [0.25, 0.3) is 0 Å². The fourth-order valence-electron chi connectivity index (χ4n) is 2.19. The number of aryl methyl sites for hydroxylation is 1. The van der Waals surface area contributed by atoms with E-state index < -0.39 is 22.7 Å². The Morgan fingerprint density at radius 2 is 2.00 bits per heavy atom. The van der Waals surface area contributed by atoms with E-state index >= 15 is 0 Å². The molecule has 1 unspecified atom stereocenters.